The van der Waals surface area contributed by atoms with Gasteiger partial charge in [-0.05, 0) is 58.7 Å². The molecule has 2 heterocycles. The number of aryl methyl sites for hydroxylation is 1. The number of fused-ring (bicyclic) bond motifs is 7. The summed E-state index contributed by atoms with van der Waals surface area (Å²) in [6, 6.07) is 13.5. The van der Waals surface area contributed by atoms with Gasteiger partial charge in [-0.1, -0.05) is 35.9 Å². The Labute approximate surface area is 205 Å². The molecule has 0 amide bonds. The molecule has 35 heavy (non-hydrogen) atoms. The highest BCUT2D eigenvalue weighted by Gasteiger charge is 2.45. The van der Waals surface area contributed by atoms with E-state index in [0.717, 1.165) is 16.5 Å². The lowest BCUT2D eigenvalue weighted by molar-refractivity contribution is -0.122. The van der Waals surface area contributed by atoms with Crippen LogP contribution in [0.4, 0.5) is 4.79 Å². The Balaban J connectivity index is 1.73. The van der Waals surface area contributed by atoms with Crippen LogP contribution in [0.25, 0.3) is 10.9 Å². The lowest BCUT2D eigenvalue weighted by atomic mass is 9.95. The number of rotatable bonds is 2. The van der Waals surface area contributed by atoms with E-state index < -0.39 is 27.8 Å². The lowest BCUT2D eigenvalue weighted by Gasteiger charge is -2.30. The van der Waals surface area contributed by atoms with Gasteiger partial charge >= 0.3 is 6.09 Å². The topological polar surface area (TPSA) is 85.7 Å². The summed E-state index contributed by atoms with van der Waals surface area (Å²) in [5.41, 5.74) is 2.34. The van der Waals surface area contributed by atoms with Crippen molar-refractivity contribution >= 4 is 32.8 Å². The predicted molar refractivity (Wildman–Crippen MR) is 133 cm³/mol. The fraction of sp³-hybridized carbons (Fsp3) is 0.407. The standard InChI is InChI=1S/C27H30N2O5S/c1-17-9-11-19(12-10-17)35(32,33)28-14-13-18-15-23-25(22(28)16-24(18)30)20-7-5-6-8-21(20)29(23)26(31)34-27(2,3)4/h5-12,18,22H,13-16H2,1-4H3. The predicted octanol–water partition coefficient (Wildman–Crippen LogP) is 5.00. The maximum absolute atomic E-state index is 13.8. The summed E-state index contributed by atoms with van der Waals surface area (Å²) in [5, 5.41) is 0.776. The number of sulfonamides is 1. The molecule has 0 spiro atoms. The van der Waals surface area contributed by atoms with Gasteiger partial charge in [0.2, 0.25) is 10.0 Å². The van der Waals surface area contributed by atoms with Gasteiger partial charge in [0.15, 0.2) is 0 Å². The summed E-state index contributed by atoms with van der Waals surface area (Å²) in [5.74, 6) is -0.324. The highest BCUT2D eigenvalue weighted by atomic mass is 32.2. The number of carbonyl (C=O) groups excluding carboxylic acids is 2. The fourth-order valence-electron chi connectivity index (χ4n) is 5.29. The Bertz CT molecular complexity index is 1430. The number of hydrogen-bond donors (Lipinski definition) is 0. The van der Waals surface area contributed by atoms with Gasteiger partial charge in [0.25, 0.3) is 0 Å². The van der Waals surface area contributed by atoms with Crippen molar-refractivity contribution in [1.29, 1.82) is 0 Å². The van der Waals surface area contributed by atoms with Crippen LogP contribution in [0.2, 0.25) is 0 Å². The molecule has 184 valence electrons. The van der Waals surface area contributed by atoms with Crippen molar-refractivity contribution in [2.24, 2.45) is 5.92 Å². The first kappa shape index (κ1) is 23.8. The summed E-state index contributed by atoms with van der Waals surface area (Å²) < 4.78 is 36.4. The van der Waals surface area contributed by atoms with Gasteiger partial charge in [0.05, 0.1) is 16.5 Å². The van der Waals surface area contributed by atoms with Gasteiger partial charge < -0.3 is 4.74 Å². The first-order valence-electron chi connectivity index (χ1n) is 11.9. The Morgan fingerprint density at radius 2 is 1.71 bits per heavy atom. The van der Waals surface area contributed by atoms with Crippen molar-refractivity contribution < 1.29 is 22.7 Å². The number of carbonyl (C=O) groups is 2. The number of Topliss-reactive ketones (excluding diaryl/α,β-unsaturated/α-hetero) is 1. The van der Waals surface area contributed by atoms with E-state index in [4.69, 9.17) is 4.74 Å². The third-order valence-corrected chi connectivity index (χ3v) is 8.81. The first-order chi connectivity index (χ1) is 16.5. The van der Waals surface area contributed by atoms with Crippen LogP contribution < -0.4 is 0 Å². The largest absolute Gasteiger partial charge is 0.443 e. The molecule has 5 rings (SSSR count). The van der Waals surface area contributed by atoms with E-state index in [1.807, 2.05) is 52.0 Å². The molecule has 1 saturated heterocycles. The number of ketones is 1. The van der Waals surface area contributed by atoms with E-state index >= 15 is 0 Å². The zero-order valence-electron chi connectivity index (χ0n) is 20.4. The van der Waals surface area contributed by atoms with Crippen LogP contribution in [-0.4, -0.2) is 41.3 Å². The summed E-state index contributed by atoms with van der Waals surface area (Å²) in [6.45, 7) is 7.59. The molecule has 2 aliphatic rings. The molecule has 1 aliphatic heterocycles. The monoisotopic (exact) mass is 494 g/mol. The smallest absolute Gasteiger partial charge is 0.419 e. The van der Waals surface area contributed by atoms with Gasteiger partial charge in [-0.3, -0.25) is 4.79 Å². The van der Waals surface area contributed by atoms with Crippen molar-refractivity contribution in [3.05, 3.63) is 65.4 Å². The molecule has 7 nitrogen and oxygen atoms in total. The molecule has 2 atom stereocenters. The SMILES string of the molecule is Cc1ccc(S(=O)(=O)N2CCC3Cc4c(c5ccccc5n4C(=O)OC(C)(C)C)C2CC3=O)cc1. The van der Waals surface area contributed by atoms with Gasteiger partial charge in [0.1, 0.15) is 11.4 Å². The Kier molecular flexibility index (Phi) is 5.64. The van der Waals surface area contributed by atoms with Crippen molar-refractivity contribution in [2.75, 3.05) is 6.54 Å². The molecule has 0 radical (unpaired) electrons. The minimum Gasteiger partial charge on any atom is -0.443 e. The van der Waals surface area contributed by atoms with E-state index in [1.54, 1.807) is 28.8 Å². The summed E-state index contributed by atoms with van der Waals surface area (Å²) in [4.78, 5) is 26.8. The number of para-hydroxylation sites is 1. The number of ether oxygens (including phenoxy) is 1. The zero-order chi connectivity index (χ0) is 25.1. The second-order valence-electron chi connectivity index (χ2n) is 10.5. The summed E-state index contributed by atoms with van der Waals surface area (Å²) in [6.07, 6.45) is 0.368. The van der Waals surface area contributed by atoms with Crippen LogP contribution in [0.15, 0.2) is 53.4 Å². The van der Waals surface area contributed by atoms with E-state index in [0.29, 0.717) is 24.1 Å². The molecule has 3 aromatic rings. The van der Waals surface area contributed by atoms with Crippen molar-refractivity contribution in [2.45, 2.75) is 63.5 Å². The van der Waals surface area contributed by atoms with E-state index in [1.165, 1.54) is 4.31 Å². The summed E-state index contributed by atoms with van der Waals surface area (Å²) in [7, 11) is -3.87. The van der Waals surface area contributed by atoms with Crippen LogP contribution in [0.1, 0.15) is 56.5 Å². The zero-order valence-corrected chi connectivity index (χ0v) is 21.3. The van der Waals surface area contributed by atoms with Gasteiger partial charge in [-0.2, -0.15) is 4.31 Å². The van der Waals surface area contributed by atoms with E-state index in [9.17, 15) is 18.0 Å². The van der Waals surface area contributed by atoms with Crippen LogP contribution >= 0.6 is 0 Å². The molecule has 2 unspecified atom stereocenters. The minimum absolute atomic E-state index is 0.0348. The molecule has 2 aromatic carbocycles. The van der Waals surface area contributed by atoms with E-state index in [2.05, 4.69) is 0 Å². The number of aromatic nitrogens is 1. The van der Waals surface area contributed by atoms with Crippen molar-refractivity contribution in [1.82, 2.24) is 8.87 Å². The lowest BCUT2D eigenvalue weighted by Crippen LogP contribution is -2.36. The summed E-state index contributed by atoms with van der Waals surface area (Å²) >= 11 is 0. The molecular formula is C27H30N2O5S. The van der Waals surface area contributed by atoms with Crippen molar-refractivity contribution in [3.63, 3.8) is 0 Å². The number of hydrogen-bond acceptors (Lipinski definition) is 5. The highest BCUT2D eigenvalue weighted by molar-refractivity contribution is 7.89. The highest BCUT2D eigenvalue weighted by Crippen LogP contribution is 2.45. The maximum atomic E-state index is 13.8. The van der Waals surface area contributed by atoms with Crippen molar-refractivity contribution in [3.8, 4) is 0 Å². The Morgan fingerprint density at radius 3 is 2.40 bits per heavy atom. The fourth-order valence-corrected chi connectivity index (χ4v) is 6.91. The average molecular weight is 495 g/mol. The quantitative estimate of drug-likeness (QED) is 0.500. The molecule has 1 aromatic heterocycles. The third kappa shape index (κ3) is 4.08. The van der Waals surface area contributed by atoms with Crippen LogP contribution in [0.5, 0.6) is 0 Å². The van der Waals surface area contributed by atoms with E-state index in [-0.39, 0.29) is 29.6 Å². The van der Waals surface area contributed by atoms with Gasteiger partial charge in [-0.15, -0.1) is 0 Å². The second-order valence-corrected chi connectivity index (χ2v) is 12.4. The number of benzene rings is 2. The second kappa shape index (κ2) is 8.31. The molecule has 8 heteroatoms. The maximum Gasteiger partial charge on any atom is 0.419 e. The Morgan fingerprint density at radius 1 is 1.03 bits per heavy atom. The van der Waals surface area contributed by atoms with Crippen LogP contribution in [-0.2, 0) is 26.0 Å². The van der Waals surface area contributed by atoms with Gasteiger partial charge in [-0.25, -0.2) is 17.8 Å². The molecule has 1 aliphatic carbocycles. The molecule has 0 saturated carbocycles. The van der Waals surface area contributed by atoms with Gasteiger partial charge in [0, 0.05) is 35.5 Å². The first-order valence-corrected chi connectivity index (χ1v) is 13.4. The van der Waals surface area contributed by atoms with Crippen LogP contribution in [0, 0.1) is 12.8 Å². The molecule has 0 N–H and O–H groups in total. The third-order valence-electron chi connectivity index (χ3n) is 6.89. The Hall–Kier alpha value is -2.97. The molecule has 2 bridgehead atoms. The molecule has 1 fully saturated rings. The number of nitrogens with zero attached hydrogens (tertiary/aromatic N) is 2. The normalized spacial score (nSPS) is 21.0. The molecular weight excluding hydrogens is 464 g/mol. The minimum atomic E-state index is -3.87. The van der Waals surface area contributed by atoms with Crippen LogP contribution in [0.3, 0.4) is 0 Å². The average Bonchev–Trinajstić information content (AvgIpc) is 2.88.